The molecule has 314 valence electrons. The molecule has 7 atom stereocenters. The molecule has 0 bridgehead atoms. The first-order valence-corrected chi connectivity index (χ1v) is 22.4. The topological polar surface area (TPSA) is 149 Å². The standard InChI is InChI=1S/C44H85NO8/c1-3-5-7-9-11-13-15-17-19-21-23-25-27-29-31-33-38(47)37(36-52-44-43(51)42(50)41(49)39(35-46)53-44)45-40(48)34-32-30-28-26-24-22-20-18-16-14-12-10-8-6-4-2/h18,20,37-39,41-44,46-47,49-51H,3-17,19,21-36H2,1-2H3,(H,45,48)/b20-18-. The lowest BCUT2D eigenvalue weighted by Crippen LogP contribution is -2.60. The largest absolute Gasteiger partial charge is 0.394 e. The van der Waals surface area contributed by atoms with Crippen molar-refractivity contribution in [2.24, 2.45) is 0 Å². The Kier molecular flexibility index (Phi) is 33.3. The number of carbonyl (C=O) groups is 1. The van der Waals surface area contributed by atoms with Crippen LogP contribution in [0, 0.1) is 0 Å². The highest BCUT2D eigenvalue weighted by Crippen LogP contribution is 2.23. The van der Waals surface area contributed by atoms with Crippen LogP contribution in [0.25, 0.3) is 0 Å². The number of rotatable bonds is 37. The van der Waals surface area contributed by atoms with Crippen molar-refractivity contribution in [2.45, 2.75) is 249 Å². The zero-order valence-electron chi connectivity index (χ0n) is 34.3. The third-order valence-electron chi connectivity index (χ3n) is 10.9. The van der Waals surface area contributed by atoms with Gasteiger partial charge in [-0.05, 0) is 38.5 Å². The Morgan fingerprint density at radius 3 is 1.53 bits per heavy atom. The highest BCUT2D eigenvalue weighted by molar-refractivity contribution is 5.76. The summed E-state index contributed by atoms with van der Waals surface area (Å²) in [6, 6.07) is -0.718. The van der Waals surface area contributed by atoms with Gasteiger partial charge in [0.2, 0.25) is 5.91 Å². The second kappa shape index (κ2) is 35.4. The molecule has 0 saturated carbocycles. The van der Waals surface area contributed by atoms with E-state index in [1.165, 1.54) is 128 Å². The third kappa shape index (κ3) is 26.4. The summed E-state index contributed by atoms with van der Waals surface area (Å²) in [7, 11) is 0. The van der Waals surface area contributed by atoms with Crippen LogP contribution in [0.15, 0.2) is 12.2 Å². The van der Waals surface area contributed by atoms with Gasteiger partial charge in [-0.15, -0.1) is 0 Å². The van der Waals surface area contributed by atoms with Crippen LogP contribution >= 0.6 is 0 Å². The predicted octanol–water partition coefficient (Wildman–Crippen LogP) is 8.95. The molecule has 0 aliphatic carbocycles. The second-order valence-electron chi connectivity index (χ2n) is 15.8. The van der Waals surface area contributed by atoms with Gasteiger partial charge in [0.05, 0.1) is 25.4 Å². The van der Waals surface area contributed by atoms with Crippen LogP contribution in [0.3, 0.4) is 0 Å². The van der Waals surface area contributed by atoms with Gasteiger partial charge < -0.3 is 40.3 Å². The molecule has 0 aromatic heterocycles. The molecule has 1 heterocycles. The van der Waals surface area contributed by atoms with Crippen LogP contribution in [-0.2, 0) is 14.3 Å². The molecule has 6 N–H and O–H groups in total. The van der Waals surface area contributed by atoms with Gasteiger partial charge >= 0.3 is 0 Å². The lowest BCUT2D eigenvalue weighted by molar-refractivity contribution is -0.302. The minimum absolute atomic E-state index is 0.138. The first kappa shape index (κ1) is 49.9. The number of aliphatic hydroxyl groups excluding tert-OH is 5. The van der Waals surface area contributed by atoms with Crippen LogP contribution in [0.2, 0.25) is 0 Å². The van der Waals surface area contributed by atoms with Crippen LogP contribution in [-0.4, -0.2) is 87.5 Å². The molecule has 0 aromatic carbocycles. The SMILES string of the molecule is CCCCCCCC/C=C\CCCCCCCC(=O)NC(COC1OC(CO)C(O)C(O)C1O)C(O)CCCCCCCCCCCCCCCCC. The second-order valence-corrected chi connectivity index (χ2v) is 15.8. The van der Waals surface area contributed by atoms with Crippen LogP contribution in [0.4, 0.5) is 0 Å². The van der Waals surface area contributed by atoms with E-state index in [1.54, 1.807) is 0 Å². The van der Waals surface area contributed by atoms with Gasteiger partial charge in [-0.25, -0.2) is 0 Å². The number of aliphatic hydroxyl groups is 5. The monoisotopic (exact) mass is 756 g/mol. The Hall–Kier alpha value is -1.07. The molecule has 1 aliphatic rings. The number of ether oxygens (including phenoxy) is 2. The summed E-state index contributed by atoms with van der Waals surface area (Å²) in [6.45, 7) is 3.82. The Morgan fingerprint density at radius 2 is 1.06 bits per heavy atom. The van der Waals surface area contributed by atoms with Crippen LogP contribution in [0.1, 0.15) is 206 Å². The fraction of sp³-hybridized carbons (Fsp3) is 0.932. The fourth-order valence-corrected chi connectivity index (χ4v) is 7.21. The van der Waals surface area contributed by atoms with Crippen molar-refractivity contribution in [2.75, 3.05) is 13.2 Å². The zero-order valence-corrected chi connectivity index (χ0v) is 34.3. The average Bonchev–Trinajstić information content (AvgIpc) is 3.16. The van der Waals surface area contributed by atoms with E-state index in [1.807, 2.05) is 0 Å². The number of hydrogen-bond donors (Lipinski definition) is 6. The lowest BCUT2D eigenvalue weighted by Gasteiger charge is -2.40. The molecular formula is C44H85NO8. The normalized spacial score (nSPS) is 21.7. The molecule has 9 nitrogen and oxygen atoms in total. The van der Waals surface area contributed by atoms with Gasteiger partial charge in [0.1, 0.15) is 24.4 Å². The van der Waals surface area contributed by atoms with E-state index >= 15 is 0 Å². The van der Waals surface area contributed by atoms with Crippen LogP contribution < -0.4 is 5.32 Å². The third-order valence-corrected chi connectivity index (χ3v) is 10.9. The summed E-state index contributed by atoms with van der Waals surface area (Å²) in [6.07, 6.45) is 32.1. The van der Waals surface area contributed by atoms with Crippen molar-refractivity contribution in [3.63, 3.8) is 0 Å². The number of carbonyl (C=O) groups excluding carboxylic acids is 1. The van der Waals surface area contributed by atoms with E-state index in [-0.39, 0.29) is 12.5 Å². The van der Waals surface area contributed by atoms with E-state index in [4.69, 9.17) is 9.47 Å². The molecule has 1 saturated heterocycles. The Bertz CT molecular complexity index is 842. The first-order chi connectivity index (χ1) is 25.8. The summed E-state index contributed by atoms with van der Waals surface area (Å²) in [4.78, 5) is 12.9. The number of nitrogens with one attached hydrogen (secondary N) is 1. The molecule has 53 heavy (non-hydrogen) atoms. The maximum absolute atomic E-state index is 12.9. The van der Waals surface area contributed by atoms with Crippen molar-refractivity contribution in [1.29, 1.82) is 0 Å². The van der Waals surface area contributed by atoms with E-state index in [2.05, 4.69) is 31.3 Å². The smallest absolute Gasteiger partial charge is 0.220 e. The minimum Gasteiger partial charge on any atom is -0.394 e. The van der Waals surface area contributed by atoms with Crippen molar-refractivity contribution < 1.29 is 39.8 Å². The van der Waals surface area contributed by atoms with Crippen molar-refractivity contribution in [3.05, 3.63) is 12.2 Å². The van der Waals surface area contributed by atoms with Gasteiger partial charge in [-0.2, -0.15) is 0 Å². The van der Waals surface area contributed by atoms with E-state index in [9.17, 15) is 30.3 Å². The molecular weight excluding hydrogens is 670 g/mol. The number of unbranched alkanes of at least 4 members (excludes halogenated alkanes) is 25. The van der Waals surface area contributed by atoms with E-state index in [0.717, 1.165) is 51.4 Å². The molecule has 1 aliphatic heterocycles. The maximum atomic E-state index is 12.9. The quantitative estimate of drug-likeness (QED) is 0.0272. The summed E-state index contributed by atoms with van der Waals surface area (Å²) >= 11 is 0. The van der Waals surface area contributed by atoms with Gasteiger partial charge in [0.15, 0.2) is 6.29 Å². The van der Waals surface area contributed by atoms with Gasteiger partial charge in [-0.1, -0.05) is 174 Å². The molecule has 0 spiro atoms. The van der Waals surface area contributed by atoms with Gasteiger partial charge in [0.25, 0.3) is 0 Å². The number of allylic oxidation sites excluding steroid dienone is 2. The minimum atomic E-state index is -1.55. The van der Waals surface area contributed by atoms with Crippen molar-refractivity contribution in [3.8, 4) is 0 Å². The molecule has 7 unspecified atom stereocenters. The number of amides is 1. The highest BCUT2D eigenvalue weighted by atomic mass is 16.7. The Labute approximate surface area is 325 Å². The fourth-order valence-electron chi connectivity index (χ4n) is 7.21. The number of hydrogen-bond acceptors (Lipinski definition) is 8. The average molecular weight is 756 g/mol. The molecule has 0 aromatic rings. The summed E-state index contributed by atoms with van der Waals surface area (Å²) in [5, 5.41) is 54.3. The molecule has 1 rings (SSSR count). The lowest BCUT2D eigenvalue weighted by atomic mass is 9.99. The van der Waals surface area contributed by atoms with Crippen molar-refractivity contribution >= 4 is 5.91 Å². The van der Waals surface area contributed by atoms with Crippen LogP contribution in [0.5, 0.6) is 0 Å². The summed E-state index contributed by atoms with van der Waals surface area (Å²) < 4.78 is 11.2. The predicted molar refractivity (Wildman–Crippen MR) is 217 cm³/mol. The molecule has 0 radical (unpaired) electrons. The molecule has 1 fully saturated rings. The Morgan fingerprint density at radius 1 is 0.623 bits per heavy atom. The highest BCUT2D eigenvalue weighted by Gasteiger charge is 2.44. The van der Waals surface area contributed by atoms with Gasteiger partial charge in [-0.3, -0.25) is 4.79 Å². The molecule has 1 amide bonds. The maximum Gasteiger partial charge on any atom is 0.220 e. The first-order valence-electron chi connectivity index (χ1n) is 22.4. The van der Waals surface area contributed by atoms with Gasteiger partial charge in [0, 0.05) is 6.42 Å². The van der Waals surface area contributed by atoms with E-state index < -0.39 is 49.5 Å². The van der Waals surface area contributed by atoms with E-state index in [0.29, 0.717) is 12.8 Å². The summed E-state index contributed by atoms with van der Waals surface area (Å²) in [5.74, 6) is -0.152. The summed E-state index contributed by atoms with van der Waals surface area (Å²) in [5.41, 5.74) is 0. The Balaban J connectivity index is 2.35. The van der Waals surface area contributed by atoms with Crippen molar-refractivity contribution in [1.82, 2.24) is 5.32 Å². The molecule has 9 heteroatoms. The zero-order chi connectivity index (χ0) is 38.8.